The first kappa shape index (κ1) is 15.0. The van der Waals surface area contributed by atoms with Gasteiger partial charge >= 0.3 is 0 Å². The van der Waals surface area contributed by atoms with Crippen LogP contribution in [0.3, 0.4) is 0 Å². The van der Waals surface area contributed by atoms with Gasteiger partial charge in [-0.2, -0.15) is 0 Å². The van der Waals surface area contributed by atoms with Crippen LogP contribution < -0.4 is 9.47 Å². The van der Waals surface area contributed by atoms with Gasteiger partial charge in [0.15, 0.2) is 11.5 Å². The van der Waals surface area contributed by atoms with Crippen LogP contribution in [0, 0.1) is 11.3 Å². The van der Waals surface area contributed by atoms with Crippen molar-refractivity contribution in [3.63, 3.8) is 0 Å². The lowest BCUT2D eigenvalue weighted by Gasteiger charge is -2.29. The first-order chi connectivity index (χ1) is 9.00. The van der Waals surface area contributed by atoms with Crippen molar-refractivity contribution in [2.75, 3.05) is 24.3 Å². The van der Waals surface area contributed by atoms with Crippen molar-refractivity contribution < 1.29 is 9.47 Å². The smallest absolute Gasteiger partial charge is 0.162 e. The van der Waals surface area contributed by atoms with Gasteiger partial charge < -0.3 is 9.47 Å². The van der Waals surface area contributed by atoms with E-state index in [0.29, 0.717) is 24.5 Å². The Bertz CT molecular complexity index is 429. The number of alkyl halides is 1. The molecule has 19 heavy (non-hydrogen) atoms. The van der Waals surface area contributed by atoms with Gasteiger partial charge in [0.1, 0.15) is 13.2 Å². The van der Waals surface area contributed by atoms with Gasteiger partial charge in [0.05, 0.1) is 0 Å². The molecule has 1 aromatic carbocycles. The van der Waals surface area contributed by atoms with Crippen LogP contribution >= 0.6 is 27.7 Å². The molecule has 1 aliphatic rings. The van der Waals surface area contributed by atoms with Gasteiger partial charge in [-0.25, -0.2) is 0 Å². The lowest BCUT2D eigenvalue weighted by molar-refractivity contribution is 0.171. The molecule has 0 aromatic heterocycles. The number of fused-ring (bicyclic) bond motifs is 1. The number of halogens is 1. The first-order valence-corrected chi connectivity index (χ1v) is 8.70. The summed E-state index contributed by atoms with van der Waals surface area (Å²) in [6.45, 7) is 8.18. The van der Waals surface area contributed by atoms with E-state index in [9.17, 15) is 0 Å². The second kappa shape index (κ2) is 6.40. The number of hydrogen-bond donors (Lipinski definition) is 0. The Labute approximate surface area is 128 Å². The molecule has 1 aliphatic heterocycles. The number of benzene rings is 1. The van der Waals surface area contributed by atoms with Crippen LogP contribution in [0.25, 0.3) is 0 Å². The molecule has 1 atom stereocenters. The number of hydrogen-bond acceptors (Lipinski definition) is 3. The highest BCUT2D eigenvalue weighted by Gasteiger charge is 2.23. The topological polar surface area (TPSA) is 18.5 Å². The van der Waals surface area contributed by atoms with Crippen molar-refractivity contribution in [3.05, 3.63) is 18.2 Å². The Morgan fingerprint density at radius 2 is 1.89 bits per heavy atom. The van der Waals surface area contributed by atoms with Gasteiger partial charge in [0, 0.05) is 16.0 Å². The normalized spacial score (nSPS) is 16.2. The minimum absolute atomic E-state index is 0.324. The third-order valence-corrected chi connectivity index (χ3v) is 5.31. The fraction of sp³-hybridized carbons (Fsp3) is 0.600. The molecule has 0 radical (unpaired) electrons. The van der Waals surface area contributed by atoms with E-state index < -0.39 is 0 Å². The molecular formula is C15H21BrO2S. The molecule has 0 fully saturated rings. The zero-order valence-electron chi connectivity index (χ0n) is 11.7. The molecule has 0 saturated carbocycles. The third kappa shape index (κ3) is 4.06. The molecule has 2 rings (SSSR count). The van der Waals surface area contributed by atoms with Crippen molar-refractivity contribution >= 4 is 27.7 Å². The molecule has 4 heteroatoms. The van der Waals surface area contributed by atoms with Crippen molar-refractivity contribution in [2.45, 2.75) is 25.7 Å². The predicted octanol–water partition coefficient (Wildman–Crippen LogP) is 4.61. The average molecular weight is 345 g/mol. The summed E-state index contributed by atoms with van der Waals surface area (Å²) < 4.78 is 11.2. The highest BCUT2D eigenvalue weighted by Crippen LogP contribution is 2.37. The Balaban J connectivity index is 1.99. The van der Waals surface area contributed by atoms with Crippen LogP contribution in [0.15, 0.2) is 23.1 Å². The predicted molar refractivity (Wildman–Crippen MR) is 84.9 cm³/mol. The van der Waals surface area contributed by atoms with Crippen LogP contribution in [0.5, 0.6) is 11.5 Å². The van der Waals surface area contributed by atoms with E-state index in [4.69, 9.17) is 9.47 Å². The van der Waals surface area contributed by atoms with Crippen molar-refractivity contribution in [3.8, 4) is 11.5 Å². The quantitative estimate of drug-likeness (QED) is 0.587. The highest BCUT2D eigenvalue weighted by molar-refractivity contribution is 9.09. The lowest BCUT2D eigenvalue weighted by atomic mass is 9.83. The van der Waals surface area contributed by atoms with E-state index >= 15 is 0 Å². The van der Waals surface area contributed by atoms with Crippen molar-refractivity contribution in [1.82, 2.24) is 0 Å². The van der Waals surface area contributed by atoms with E-state index in [-0.39, 0.29) is 0 Å². The number of rotatable bonds is 4. The molecule has 106 valence electrons. The van der Waals surface area contributed by atoms with Crippen LogP contribution in [0.1, 0.15) is 20.8 Å². The standard InChI is InChI=1S/C15H21BrO2S/c1-15(2,3)11(9-16)10-19-12-4-5-13-14(8-12)18-7-6-17-13/h4-5,8,11H,6-7,9-10H2,1-3H3. The molecule has 1 aromatic rings. The van der Waals surface area contributed by atoms with Crippen LogP contribution in [-0.4, -0.2) is 24.3 Å². The zero-order valence-corrected chi connectivity index (χ0v) is 14.1. The molecule has 2 nitrogen and oxygen atoms in total. The molecule has 0 N–H and O–H groups in total. The second-order valence-electron chi connectivity index (χ2n) is 5.83. The zero-order chi connectivity index (χ0) is 13.9. The fourth-order valence-electron chi connectivity index (χ4n) is 1.84. The van der Waals surface area contributed by atoms with Crippen molar-refractivity contribution in [2.24, 2.45) is 11.3 Å². The Morgan fingerprint density at radius 1 is 1.21 bits per heavy atom. The SMILES string of the molecule is CC(C)(C)C(CBr)CSc1ccc2c(c1)OCCO2. The summed E-state index contributed by atoms with van der Waals surface area (Å²) in [7, 11) is 0. The van der Waals surface area contributed by atoms with Gasteiger partial charge in [-0.05, 0) is 29.5 Å². The summed E-state index contributed by atoms with van der Waals surface area (Å²) in [4.78, 5) is 1.25. The number of ether oxygens (including phenoxy) is 2. The van der Waals surface area contributed by atoms with E-state index in [2.05, 4.69) is 48.8 Å². The monoisotopic (exact) mass is 344 g/mol. The molecule has 1 unspecified atom stereocenters. The van der Waals surface area contributed by atoms with Crippen LogP contribution in [-0.2, 0) is 0 Å². The lowest BCUT2D eigenvalue weighted by Crippen LogP contribution is -2.24. The van der Waals surface area contributed by atoms with Gasteiger partial charge in [-0.3, -0.25) is 0 Å². The summed E-state index contributed by atoms with van der Waals surface area (Å²) in [6, 6.07) is 6.22. The molecular weight excluding hydrogens is 324 g/mol. The maximum absolute atomic E-state index is 5.62. The van der Waals surface area contributed by atoms with Gasteiger partial charge in [0.25, 0.3) is 0 Å². The number of thioether (sulfide) groups is 1. The van der Waals surface area contributed by atoms with E-state index in [1.54, 1.807) is 0 Å². The molecule has 0 amide bonds. The van der Waals surface area contributed by atoms with Crippen molar-refractivity contribution in [1.29, 1.82) is 0 Å². The van der Waals surface area contributed by atoms with Gasteiger partial charge in [0.2, 0.25) is 0 Å². The molecule has 1 heterocycles. The Morgan fingerprint density at radius 3 is 2.53 bits per heavy atom. The molecule has 0 spiro atoms. The summed E-state index contributed by atoms with van der Waals surface area (Å²) >= 11 is 5.51. The second-order valence-corrected chi connectivity index (χ2v) is 7.57. The molecule has 0 aliphatic carbocycles. The summed E-state index contributed by atoms with van der Waals surface area (Å²) in [5.41, 5.74) is 0.324. The van der Waals surface area contributed by atoms with Crippen LogP contribution in [0.2, 0.25) is 0 Å². The Kier molecular flexibility index (Phi) is 5.07. The minimum Gasteiger partial charge on any atom is -0.486 e. The first-order valence-electron chi connectivity index (χ1n) is 6.59. The fourth-order valence-corrected chi connectivity index (χ4v) is 4.71. The Hall–Kier alpha value is -0.350. The summed E-state index contributed by atoms with van der Waals surface area (Å²) in [5.74, 6) is 3.49. The average Bonchev–Trinajstić information content (AvgIpc) is 2.37. The molecule has 0 bridgehead atoms. The molecule has 0 saturated heterocycles. The summed E-state index contributed by atoms with van der Waals surface area (Å²) in [6.07, 6.45) is 0. The highest BCUT2D eigenvalue weighted by atomic mass is 79.9. The maximum atomic E-state index is 5.62. The largest absolute Gasteiger partial charge is 0.486 e. The maximum Gasteiger partial charge on any atom is 0.162 e. The van der Waals surface area contributed by atoms with E-state index in [1.807, 2.05) is 17.8 Å². The van der Waals surface area contributed by atoms with E-state index in [1.165, 1.54) is 4.90 Å². The summed E-state index contributed by atoms with van der Waals surface area (Å²) in [5, 5.41) is 1.04. The van der Waals surface area contributed by atoms with Crippen LogP contribution in [0.4, 0.5) is 0 Å². The van der Waals surface area contributed by atoms with Gasteiger partial charge in [-0.1, -0.05) is 36.7 Å². The minimum atomic E-state index is 0.324. The van der Waals surface area contributed by atoms with Gasteiger partial charge in [-0.15, -0.1) is 11.8 Å². The third-order valence-electron chi connectivity index (χ3n) is 3.38. The van der Waals surface area contributed by atoms with E-state index in [0.717, 1.165) is 22.6 Å².